The number of carbonyl (C=O) groups is 1. The van der Waals surface area contributed by atoms with Crippen molar-refractivity contribution < 1.29 is 13.6 Å². The van der Waals surface area contributed by atoms with E-state index in [0.29, 0.717) is 25.3 Å². The normalized spacial score (nSPS) is 16.1. The number of nitrogens with one attached hydrogen (secondary N) is 2. The Morgan fingerprint density at radius 2 is 1.97 bits per heavy atom. The Hall–Kier alpha value is -3.92. The van der Waals surface area contributed by atoms with Crippen LogP contribution in [0.4, 0.5) is 19.4 Å². The molecule has 1 saturated heterocycles. The van der Waals surface area contributed by atoms with Crippen LogP contribution >= 0.6 is 0 Å². The number of urea groups is 1. The van der Waals surface area contributed by atoms with Crippen LogP contribution in [0, 0.1) is 18.6 Å². The number of pyridine rings is 2. The van der Waals surface area contributed by atoms with E-state index in [-0.39, 0.29) is 24.2 Å². The maximum Gasteiger partial charge on any atom is 0.320 e. The highest BCUT2D eigenvalue weighted by Crippen LogP contribution is 2.21. The number of nitrogens with zero attached hydrogens (tertiary/aromatic N) is 5. The lowest BCUT2D eigenvalue weighted by Crippen LogP contribution is -2.39. The van der Waals surface area contributed by atoms with Gasteiger partial charge in [-0.15, -0.1) is 0 Å². The maximum absolute atomic E-state index is 13.9. The fourth-order valence-corrected chi connectivity index (χ4v) is 4.20. The lowest BCUT2D eigenvalue weighted by Gasteiger charge is -2.17. The number of hydrogen-bond acceptors (Lipinski definition) is 5. The summed E-state index contributed by atoms with van der Waals surface area (Å²) in [6, 6.07) is 8.90. The van der Waals surface area contributed by atoms with Crippen molar-refractivity contribution in [3.05, 3.63) is 77.9 Å². The number of fused-ring (bicyclic) bond motifs is 1. The average molecular weight is 463 g/mol. The zero-order valence-corrected chi connectivity index (χ0v) is 18.5. The van der Waals surface area contributed by atoms with E-state index in [9.17, 15) is 13.6 Å². The predicted octanol–water partition coefficient (Wildman–Crippen LogP) is 3.80. The molecule has 0 bridgehead atoms. The molecule has 0 spiro atoms. The van der Waals surface area contributed by atoms with Gasteiger partial charge in [0.1, 0.15) is 17.5 Å². The van der Waals surface area contributed by atoms with Crippen LogP contribution in [0.25, 0.3) is 16.6 Å². The van der Waals surface area contributed by atoms with Gasteiger partial charge in [-0.3, -0.25) is 15.2 Å². The fraction of sp³-hybridized carbons (Fsp3) is 0.250. The Bertz CT molecular complexity index is 1340. The number of likely N-dealkylation sites (tertiary alicyclic amines) is 1. The van der Waals surface area contributed by atoms with E-state index in [1.807, 2.05) is 24.0 Å². The molecule has 3 aromatic heterocycles. The van der Waals surface area contributed by atoms with Gasteiger partial charge in [0.05, 0.1) is 23.6 Å². The lowest BCUT2D eigenvalue weighted by molar-refractivity contribution is 0.247. The first kappa shape index (κ1) is 21.9. The number of anilines is 1. The van der Waals surface area contributed by atoms with Crippen molar-refractivity contribution in [2.45, 2.75) is 25.9 Å². The minimum absolute atomic E-state index is 0.0487. The number of carbonyl (C=O) groups excluding carboxylic acids is 1. The Kier molecular flexibility index (Phi) is 5.89. The molecule has 10 heteroatoms. The molecule has 1 aromatic carbocycles. The second-order valence-electron chi connectivity index (χ2n) is 8.36. The molecule has 4 heterocycles. The van der Waals surface area contributed by atoms with Crippen LogP contribution in [-0.4, -0.2) is 49.8 Å². The van der Waals surface area contributed by atoms with Gasteiger partial charge in [0.15, 0.2) is 0 Å². The molecule has 5 rings (SSSR count). The molecule has 4 aromatic rings. The first-order valence-electron chi connectivity index (χ1n) is 11.0. The quantitative estimate of drug-likeness (QED) is 0.470. The molecule has 1 fully saturated rings. The van der Waals surface area contributed by atoms with Gasteiger partial charge in [-0.05, 0) is 43.7 Å². The van der Waals surface area contributed by atoms with E-state index in [2.05, 4.69) is 25.7 Å². The first-order chi connectivity index (χ1) is 16.5. The highest BCUT2D eigenvalue weighted by atomic mass is 19.1. The molecule has 2 N–H and O–H groups in total. The summed E-state index contributed by atoms with van der Waals surface area (Å²) >= 11 is 0. The number of rotatable bonds is 5. The number of amides is 2. The third-order valence-corrected chi connectivity index (χ3v) is 5.87. The average Bonchev–Trinajstić information content (AvgIpc) is 3.42. The zero-order chi connectivity index (χ0) is 23.7. The van der Waals surface area contributed by atoms with Gasteiger partial charge in [0.25, 0.3) is 0 Å². The number of hydrogen-bond donors (Lipinski definition) is 2. The zero-order valence-electron chi connectivity index (χ0n) is 18.5. The number of halogens is 2. The highest BCUT2D eigenvalue weighted by Gasteiger charge is 2.25. The molecule has 0 saturated carbocycles. The van der Waals surface area contributed by atoms with Gasteiger partial charge < -0.3 is 5.32 Å². The molecule has 0 radical (unpaired) electrons. The van der Waals surface area contributed by atoms with E-state index >= 15 is 0 Å². The van der Waals surface area contributed by atoms with E-state index in [0.717, 1.165) is 22.3 Å². The Morgan fingerprint density at radius 3 is 2.76 bits per heavy atom. The number of aryl methyl sites for hydroxylation is 1. The predicted molar refractivity (Wildman–Crippen MR) is 124 cm³/mol. The summed E-state index contributed by atoms with van der Waals surface area (Å²) < 4.78 is 29.6. The molecule has 1 atom stereocenters. The van der Waals surface area contributed by atoms with Crippen LogP contribution in [0.5, 0.6) is 0 Å². The third-order valence-electron chi connectivity index (χ3n) is 5.87. The summed E-state index contributed by atoms with van der Waals surface area (Å²) in [6.07, 6.45) is 5.79. The summed E-state index contributed by atoms with van der Waals surface area (Å²) in [4.78, 5) is 23.0. The molecule has 0 aliphatic carbocycles. The van der Waals surface area contributed by atoms with Crippen molar-refractivity contribution in [3.63, 3.8) is 0 Å². The van der Waals surface area contributed by atoms with Crippen molar-refractivity contribution in [3.8, 4) is 5.69 Å². The smallest absolute Gasteiger partial charge is 0.320 e. The van der Waals surface area contributed by atoms with Crippen molar-refractivity contribution >= 4 is 22.8 Å². The van der Waals surface area contributed by atoms with Crippen LogP contribution in [-0.2, 0) is 6.54 Å². The maximum atomic E-state index is 13.9. The lowest BCUT2D eigenvalue weighted by atomic mass is 10.2. The van der Waals surface area contributed by atoms with Gasteiger partial charge in [-0.25, -0.2) is 23.2 Å². The largest absolute Gasteiger partial charge is 0.334 e. The number of benzene rings is 1. The SMILES string of the molecule is Cc1cc(-n2ncc3cc(NC(=O)N[C@H]4CCN(Cc5c(F)cccc5F)C4)ncc32)ccn1. The molecule has 0 unspecified atom stereocenters. The molecule has 2 amide bonds. The van der Waals surface area contributed by atoms with Crippen molar-refractivity contribution in [1.82, 2.24) is 30.0 Å². The van der Waals surface area contributed by atoms with Crippen molar-refractivity contribution in [1.29, 1.82) is 0 Å². The van der Waals surface area contributed by atoms with Gasteiger partial charge in [0.2, 0.25) is 0 Å². The topological polar surface area (TPSA) is 88.0 Å². The molecular weight excluding hydrogens is 440 g/mol. The second kappa shape index (κ2) is 9.14. The second-order valence-corrected chi connectivity index (χ2v) is 8.36. The van der Waals surface area contributed by atoms with Crippen molar-refractivity contribution in [2.75, 3.05) is 18.4 Å². The molecule has 8 nitrogen and oxygen atoms in total. The van der Waals surface area contributed by atoms with E-state index in [1.165, 1.54) is 18.2 Å². The van der Waals surface area contributed by atoms with E-state index in [4.69, 9.17) is 0 Å². The summed E-state index contributed by atoms with van der Waals surface area (Å²) in [7, 11) is 0. The number of aromatic nitrogens is 4. The monoisotopic (exact) mass is 463 g/mol. The third kappa shape index (κ3) is 4.58. The molecular formula is C24H23F2N7O. The Morgan fingerprint density at radius 1 is 1.15 bits per heavy atom. The van der Waals surface area contributed by atoms with Gasteiger partial charge in [-0.1, -0.05) is 6.07 Å². The van der Waals surface area contributed by atoms with Crippen molar-refractivity contribution in [2.24, 2.45) is 0 Å². The van der Waals surface area contributed by atoms with Gasteiger partial charge in [-0.2, -0.15) is 5.10 Å². The summed E-state index contributed by atoms with van der Waals surface area (Å²) in [5.41, 5.74) is 2.62. The van der Waals surface area contributed by atoms with Crippen LogP contribution in [0.15, 0.2) is 55.0 Å². The highest BCUT2D eigenvalue weighted by molar-refractivity contribution is 5.91. The Labute approximate surface area is 194 Å². The summed E-state index contributed by atoms with van der Waals surface area (Å²) in [6.45, 7) is 3.22. The fourth-order valence-electron chi connectivity index (χ4n) is 4.20. The first-order valence-corrected chi connectivity index (χ1v) is 11.0. The van der Waals surface area contributed by atoms with Crippen LogP contribution in [0.3, 0.4) is 0 Å². The van der Waals surface area contributed by atoms with Crippen LogP contribution in [0.1, 0.15) is 17.7 Å². The molecule has 174 valence electrons. The van der Waals surface area contributed by atoms with Crippen LogP contribution in [0.2, 0.25) is 0 Å². The standard InChI is InChI=1S/C24H23F2N7O/c1-15-9-18(5-7-27-15)33-22-12-28-23(10-16(22)11-29-33)31-24(34)30-17-6-8-32(13-17)14-19-20(25)3-2-4-21(19)26/h2-5,7,9-12,17H,6,8,13-14H2,1H3,(H2,28,30,31,34)/t17-/m0/s1. The minimum Gasteiger partial charge on any atom is -0.334 e. The van der Waals surface area contributed by atoms with E-state index in [1.54, 1.807) is 29.3 Å². The Balaban J connectivity index is 1.20. The molecule has 1 aliphatic rings. The summed E-state index contributed by atoms with van der Waals surface area (Å²) in [5, 5.41) is 10.9. The minimum atomic E-state index is -0.557. The molecule has 34 heavy (non-hydrogen) atoms. The van der Waals surface area contributed by atoms with Gasteiger partial charge >= 0.3 is 6.03 Å². The molecule has 1 aliphatic heterocycles. The summed E-state index contributed by atoms with van der Waals surface area (Å²) in [5.74, 6) is -0.713. The van der Waals surface area contributed by atoms with E-state index < -0.39 is 11.6 Å². The van der Waals surface area contributed by atoms with Gasteiger partial charge in [0, 0.05) is 48.5 Å². The van der Waals surface area contributed by atoms with Crippen LogP contribution < -0.4 is 10.6 Å².